The van der Waals surface area contributed by atoms with Crippen LogP contribution >= 0.6 is 11.3 Å². The van der Waals surface area contributed by atoms with Crippen LogP contribution in [0.2, 0.25) is 19.6 Å². The summed E-state index contributed by atoms with van der Waals surface area (Å²) >= 11 is 1.81. The van der Waals surface area contributed by atoms with E-state index < -0.39 is 8.07 Å². The largest absolute Gasteiger partial charge is 0.235 e. The number of fused-ring (bicyclic) bond motifs is 4. The van der Waals surface area contributed by atoms with Crippen LogP contribution < -0.4 is 5.19 Å². The first-order valence-corrected chi connectivity index (χ1v) is 15.6. The number of thiophene rings is 1. The summed E-state index contributed by atoms with van der Waals surface area (Å²) in [5, 5.41) is 5.36. The van der Waals surface area contributed by atoms with Gasteiger partial charge in [0.2, 0.25) is 0 Å². The van der Waals surface area contributed by atoms with Crippen molar-refractivity contribution < 1.29 is 0 Å². The van der Waals surface area contributed by atoms with Crippen molar-refractivity contribution in [2.45, 2.75) is 52.8 Å². The molecule has 0 aliphatic rings. The second kappa shape index (κ2) is 7.22. The van der Waals surface area contributed by atoms with Gasteiger partial charge in [0, 0.05) is 15.6 Å². The number of hydrogen-bond acceptors (Lipinski definition) is 3. The predicted molar refractivity (Wildman–Crippen MR) is 144 cm³/mol. The molecule has 2 nitrogen and oxygen atoms in total. The fraction of sp³-hybridized carbons (Fsp3) is 0.286. The number of hydrogen-bond donors (Lipinski definition) is 0. The van der Waals surface area contributed by atoms with E-state index >= 15 is 0 Å². The van der Waals surface area contributed by atoms with E-state index in [0.717, 1.165) is 11.2 Å². The summed E-state index contributed by atoms with van der Waals surface area (Å²) in [5.74, 6) is 0. The van der Waals surface area contributed by atoms with Crippen LogP contribution in [0.4, 0.5) is 0 Å². The fourth-order valence-electron chi connectivity index (χ4n) is 4.39. The monoisotopic (exact) mass is 454 g/mol. The molecule has 0 saturated carbocycles. The van der Waals surface area contributed by atoms with Gasteiger partial charge in [-0.15, -0.1) is 11.3 Å². The van der Waals surface area contributed by atoms with E-state index in [0.29, 0.717) is 0 Å². The Morgan fingerprint density at radius 2 is 1.62 bits per heavy atom. The molecule has 162 valence electrons. The molecule has 0 radical (unpaired) electrons. The zero-order valence-electron chi connectivity index (χ0n) is 20.0. The van der Waals surface area contributed by atoms with Crippen molar-refractivity contribution >= 4 is 55.7 Å². The molecule has 5 rings (SSSR count). The lowest BCUT2D eigenvalue weighted by Gasteiger charge is -2.18. The van der Waals surface area contributed by atoms with Crippen LogP contribution in [0.25, 0.3) is 42.3 Å². The van der Waals surface area contributed by atoms with Gasteiger partial charge in [-0.1, -0.05) is 75.9 Å². The summed E-state index contributed by atoms with van der Waals surface area (Å²) in [4.78, 5) is 9.43. The molecule has 0 N–H and O–H groups in total. The Bertz CT molecular complexity index is 1500. The Hall–Kier alpha value is -2.56. The van der Waals surface area contributed by atoms with Crippen molar-refractivity contribution in [1.82, 2.24) is 9.97 Å². The summed E-state index contributed by atoms with van der Waals surface area (Å²) in [6.45, 7) is 16.2. The summed E-state index contributed by atoms with van der Waals surface area (Å²) in [7, 11) is -1.34. The van der Waals surface area contributed by atoms with Crippen molar-refractivity contribution in [3.63, 3.8) is 0 Å². The van der Waals surface area contributed by atoms with Crippen LogP contribution in [0, 0.1) is 6.92 Å². The Balaban J connectivity index is 1.71. The molecule has 0 amide bonds. The van der Waals surface area contributed by atoms with Gasteiger partial charge in [0.1, 0.15) is 6.33 Å². The van der Waals surface area contributed by atoms with Gasteiger partial charge in [-0.3, -0.25) is 0 Å². The van der Waals surface area contributed by atoms with Gasteiger partial charge >= 0.3 is 0 Å². The summed E-state index contributed by atoms with van der Waals surface area (Å²) < 4.78 is 2.46. The number of nitrogens with zero attached hydrogens (tertiary/aromatic N) is 2. The quantitative estimate of drug-likeness (QED) is 0.254. The first-order chi connectivity index (χ1) is 15.0. The van der Waals surface area contributed by atoms with Crippen LogP contribution in [0.15, 0.2) is 54.9 Å². The van der Waals surface area contributed by atoms with E-state index in [4.69, 9.17) is 4.98 Å². The van der Waals surface area contributed by atoms with Gasteiger partial charge in [-0.05, 0) is 52.4 Å². The van der Waals surface area contributed by atoms with Gasteiger partial charge in [0.05, 0.1) is 24.0 Å². The maximum Gasteiger partial charge on any atom is 0.116 e. The lowest BCUT2D eigenvalue weighted by atomic mass is 9.87. The van der Waals surface area contributed by atoms with E-state index in [9.17, 15) is 0 Å². The molecule has 0 aliphatic carbocycles. The maximum absolute atomic E-state index is 4.75. The first kappa shape index (κ1) is 21.3. The third-order valence-electron chi connectivity index (χ3n) is 6.42. The van der Waals surface area contributed by atoms with E-state index in [1.54, 1.807) is 6.33 Å². The van der Waals surface area contributed by atoms with E-state index in [1.165, 1.54) is 47.4 Å². The highest BCUT2D eigenvalue weighted by Crippen LogP contribution is 2.40. The minimum absolute atomic E-state index is 0.128. The van der Waals surface area contributed by atoms with Gasteiger partial charge in [-0.25, -0.2) is 9.97 Å². The Morgan fingerprint density at radius 3 is 2.34 bits per heavy atom. The normalized spacial score (nSPS) is 12.8. The fourth-order valence-corrected chi connectivity index (χ4v) is 6.76. The zero-order valence-corrected chi connectivity index (χ0v) is 21.8. The minimum Gasteiger partial charge on any atom is -0.235 e. The second-order valence-corrected chi connectivity index (χ2v) is 17.1. The summed E-state index contributed by atoms with van der Waals surface area (Å²) in [5.41, 5.74) is 6.05. The van der Waals surface area contributed by atoms with Gasteiger partial charge < -0.3 is 0 Å². The van der Waals surface area contributed by atoms with E-state index in [2.05, 4.69) is 101 Å². The third kappa shape index (κ3) is 3.56. The maximum atomic E-state index is 4.75. The average molecular weight is 455 g/mol. The third-order valence-corrected chi connectivity index (χ3v) is 9.61. The molecule has 0 bridgehead atoms. The van der Waals surface area contributed by atoms with E-state index in [1.807, 2.05) is 11.3 Å². The van der Waals surface area contributed by atoms with Crippen molar-refractivity contribution in [2.24, 2.45) is 0 Å². The molecule has 4 heteroatoms. The lowest BCUT2D eigenvalue weighted by molar-refractivity contribution is 0.591. The molecule has 2 heterocycles. The number of benzene rings is 3. The topological polar surface area (TPSA) is 25.8 Å². The van der Waals surface area contributed by atoms with Crippen LogP contribution in [0.1, 0.15) is 31.9 Å². The molecule has 0 unspecified atom stereocenters. The van der Waals surface area contributed by atoms with Crippen molar-refractivity contribution in [3.05, 3.63) is 66.0 Å². The Kier molecular flexibility index (Phi) is 4.81. The highest BCUT2D eigenvalue weighted by atomic mass is 32.1. The molecule has 0 aliphatic heterocycles. The number of aryl methyl sites for hydroxylation is 1. The molecule has 0 fully saturated rings. The molecule has 0 saturated heterocycles. The highest BCUT2D eigenvalue weighted by molar-refractivity contribution is 7.26. The molecular weight excluding hydrogens is 424 g/mol. The first-order valence-electron chi connectivity index (χ1n) is 11.3. The molecule has 2 aromatic heterocycles. The van der Waals surface area contributed by atoms with Gasteiger partial charge in [0.25, 0.3) is 0 Å². The predicted octanol–water partition coefficient (Wildman–Crippen LogP) is 7.82. The van der Waals surface area contributed by atoms with Gasteiger partial charge in [0.15, 0.2) is 0 Å². The van der Waals surface area contributed by atoms with Crippen LogP contribution in [-0.2, 0) is 5.41 Å². The Labute approximate surface area is 195 Å². The number of rotatable bonds is 2. The van der Waals surface area contributed by atoms with E-state index in [-0.39, 0.29) is 5.41 Å². The molecule has 0 spiro atoms. The standard InChI is InChI=1S/C28H30N2SSi/c1-17-12-19(13-18-8-10-21(15-23(17)18)32(5,6)7)25-27-26(30-16-29-25)22-11-9-20(28(2,3)4)14-24(22)31-27/h8-16H,1-7H3. The SMILES string of the molecule is Cc1cc(-c2ncnc3c2sc2cc(C(C)(C)C)ccc23)cc2ccc([Si](C)(C)C)cc12. The summed E-state index contributed by atoms with van der Waals surface area (Å²) in [6, 6.07) is 18.4. The van der Waals surface area contributed by atoms with Crippen molar-refractivity contribution in [2.75, 3.05) is 0 Å². The second-order valence-electron chi connectivity index (χ2n) is 10.9. The lowest BCUT2D eigenvalue weighted by Crippen LogP contribution is -2.37. The smallest absolute Gasteiger partial charge is 0.116 e. The number of aromatic nitrogens is 2. The molecule has 0 atom stereocenters. The summed E-state index contributed by atoms with van der Waals surface area (Å²) in [6.07, 6.45) is 1.72. The molecule has 3 aromatic carbocycles. The molecule has 5 aromatic rings. The molecule has 32 heavy (non-hydrogen) atoms. The van der Waals surface area contributed by atoms with Gasteiger partial charge in [-0.2, -0.15) is 0 Å². The van der Waals surface area contributed by atoms with Crippen LogP contribution in [0.3, 0.4) is 0 Å². The van der Waals surface area contributed by atoms with Crippen molar-refractivity contribution in [3.8, 4) is 11.3 Å². The minimum atomic E-state index is -1.34. The highest BCUT2D eigenvalue weighted by Gasteiger charge is 2.19. The van der Waals surface area contributed by atoms with Crippen LogP contribution in [-0.4, -0.2) is 18.0 Å². The van der Waals surface area contributed by atoms with Crippen molar-refractivity contribution in [1.29, 1.82) is 0 Å². The average Bonchev–Trinajstić information content (AvgIpc) is 3.10. The molecular formula is C28H30N2SSi. The Morgan fingerprint density at radius 1 is 0.844 bits per heavy atom. The van der Waals surface area contributed by atoms with Crippen LogP contribution in [0.5, 0.6) is 0 Å². The zero-order chi connectivity index (χ0) is 22.8.